The summed E-state index contributed by atoms with van der Waals surface area (Å²) in [4.78, 5) is 13.9. The van der Waals surface area contributed by atoms with Crippen LogP contribution in [0.4, 0.5) is 0 Å². The molecule has 0 heterocycles. The molecule has 0 saturated heterocycles. The molecule has 0 aromatic heterocycles. The van der Waals surface area contributed by atoms with Gasteiger partial charge < -0.3 is 10.0 Å². The molecule has 0 radical (unpaired) electrons. The Hall–Kier alpha value is -0.610. The molecule has 2 aliphatic carbocycles. The molecule has 4 heteroatoms. The molecular formula is C14H26N2O2. The average Bonchev–Trinajstić information content (AvgIpc) is 2.94. The van der Waals surface area contributed by atoms with Crippen molar-refractivity contribution in [2.24, 2.45) is 5.92 Å². The topological polar surface area (TPSA) is 52.6 Å². The smallest absolute Gasteiger partial charge is 0.323 e. The van der Waals surface area contributed by atoms with Gasteiger partial charge in [-0.1, -0.05) is 13.8 Å². The summed E-state index contributed by atoms with van der Waals surface area (Å²) in [7, 11) is 2.12. The monoisotopic (exact) mass is 254 g/mol. The maximum Gasteiger partial charge on any atom is 0.323 e. The van der Waals surface area contributed by atoms with E-state index in [2.05, 4.69) is 31.1 Å². The fraction of sp³-hybridized carbons (Fsp3) is 0.929. The van der Waals surface area contributed by atoms with Gasteiger partial charge in [-0.15, -0.1) is 0 Å². The third kappa shape index (κ3) is 3.04. The van der Waals surface area contributed by atoms with Crippen LogP contribution in [-0.4, -0.2) is 47.2 Å². The molecule has 2 fully saturated rings. The zero-order chi connectivity index (χ0) is 13.3. The highest BCUT2D eigenvalue weighted by atomic mass is 16.4. The summed E-state index contributed by atoms with van der Waals surface area (Å²) < 4.78 is 0. The Kier molecular flexibility index (Phi) is 3.97. The average molecular weight is 254 g/mol. The molecular weight excluding hydrogens is 228 g/mol. The van der Waals surface area contributed by atoms with E-state index in [0.717, 1.165) is 38.6 Å². The highest BCUT2D eigenvalue weighted by molar-refractivity contribution is 5.79. The lowest BCUT2D eigenvalue weighted by atomic mass is 9.97. The first-order valence-corrected chi connectivity index (χ1v) is 7.14. The normalized spacial score (nSPS) is 32.4. The molecule has 0 aromatic rings. The van der Waals surface area contributed by atoms with Crippen molar-refractivity contribution in [2.45, 2.75) is 63.6 Å². The predicted molar refractivity (Wildman–Crippen MR) is 71.6 cm³/mol. The molecule has 2 N–H and O–H groups in total. The van der Waals surface area contributed by atoms with Gasteiger partial charge in [0.05, 0.1) is 0 Å². The molecule has 0 aromatic carbocycles. The number of nitrogens with one attached hydrogen (secondary N) is 1. The first-order chi connectivity index (χ1) is 8.43. The summed E-state index contributed by atoms with van der Waals surface area (Å²) in [5, 5.41) is 12.9. The number of hydrogen-bond acceptors (Lipinski definition) is 3. The van der Waals surface area contributed by atoms with E-state index < -0.39 is 11.5 Å². The van der Waals surface area contributed by atoms with Crippen molar-refractivity contribution in [3.63, 3.8) is 0 Å². The Balaban J connectivity index is 1.96. The van der Waals surface area contributed by atoms with Crippen molar-refractivity contribution in [1.82, 2.24) is 10.2 Å². The molecule has 4 nitrogen and oxygen atoms in total. The number of carbonyl (C=O) groups is 1. The van der Waals surface area contributed by atoms with Crippen molar-refractivity contribution in [3.05, 3.63) is 0 Å². The third-order valence-electron chi connectivity index (χ3n) is 4.23. The van der Waals surface area contributed by atoms with E-state index in [0.29, 0.717) is 18.0 Å². The molecule has 0 aliphatic heterocycles. The van der Waals surface area contributed by atoms with E-state index in [4.69, 9.17) is 0 Å². The Bertz CT molecular complexity index is 315. The second kappa shape index (κ2) is 5.17. The number of aliphatic carboxylic acids is 1. The van der Waals surface area contributed by atoms with Gasteiger partial charge in [0.1, 0.15) is 5.54 Å². The second-order valence-corrected chi connectivity index (χ2v) is 6.54. The summed E-state index contributed by atoms with van der Waals surface area (Å²) in [6, 6.07) is 0.866. The Morgan fingerprint density at radius 1 is 1.44 bits per heavy atom. The second-order valence-electron chi connectivity index (χ2n) is 6.54. The summed E-state index contributed by atoms with van der Waals surface area (Å²) >= 11 is 0. The maximum absolute atomic E-state index is 11.6. The standard InChI is InChI=1S/C14H26N2O2/c1-10(2)9-16(3)12-6-7-14(8-12,13(17)18)15-11-4-5-11/h10-12,15H,4-9H2,1-3H3,(H,17,18). The molecule has 0 amide bonds. The van der Waals surface area contributed by atoms with Gasteiger partial charge in [0.25, 0.3) is 0 Å². The highest BCUT2D eigenvalue weighted by Crippen LogP contribution is 2.36. The lowest BCUT2D eigenvalue weighted by molar-refractivity contribution is -0.145. The Morgan fingerprint density at radius 3 is 2.61 bits per heavy atom. The van der Waals surface area contributed by atoms with Crippen LogP contribution in [0.15, 0.2) is 0 Å². The van der Waals surface area contributed by atoms with Crippen LogP contribution < -0.4 is 5.32 Å². The molecule has 0 spiro atoms. The molecule has 2 atom stereocenters. The number of rotatable bonds is 6. The van der Waals surface area contributed by atoms with Gasteiger partial charge in [0.2, 0.25) is 0 Å². The van der Waals surface area contributed by atoms with E-state index in [-0.39, 0.29) is 0 Å². The van der Waals surface area contributed by atoms with Crippen LogP contribution in [0.2, 0.25) is 0 Å². The van der Waals surface area contributed by atoms with Gasteiger partial charge >= 0.3 is 5.97 Å². The van der Waals surface area contributed by atoms with Crippen molar-refractivity contribution >= 4 is 5.97 Å². The van der Waals surface area contributed by atoms with E-state index in [1.54, 1.807) is 0 Å². The fourth-order valence-corrected chi connectivity index (χ4v) is 3.13. The molecule has 2 unspecified atom stereocenters. The molecule has 104 valence electrons. The minimum Gasteiger partial charge on any atom is -0.480 e. The van der Waals surface area contributed by atoms with Gasteiger partial charge in [-0.25, -0.2) is 0 Å². The van der Waals surface area contributed by atoms with Crippen molar-refractivity contribution in [3.8, 4) is 0 Å². The largest absolute Gasteiger partial charge is 0.480 e. The first-order valence-electron chi connectivity index (χ1n) is 7.14. The number of carboxylic acids is 1. The lowest BCUT2D eigenvalue weighted by Crippen LogP contribution is -2.52. The molecule has 2 aliphatic rings. The number of carboxylic acid groups (broad SMARTS) is 1. The van der Waals surface area contributed by atoms with Crippen LogP contribution in [0.25, 0.3) is 0 Å². The highest BCUT2D eigenvalue weighted by Gasteiger charge is 2.48. The zero-order valence-electron chi connectivity index (χ0n) is 11.8. The summed E-state index contributed by atoms with van der Waals surface area (Å²) in [5.74, 6) is -0.0268. The van der Waals surface area contributed by atoms with Crippen LogP contribution >= 0.6 is 0 Å². The summed E-state index contributed by atoms with van der Waals surface area (Å²) in [6.45, 7) is 5.46. The lowest BCUT2D eigenvalue weighted by Gasteiger charge is -2.29. The fourth-order valence-electron chi connectivity index (χ4n) is 3.13. The molecule has 2 rings (SSSR count). The van der Waals surface area contributed by atoms with Crippen LogP contribution in [0.1, 0.15) is 46.0 Å². The van der Waals surface area contributed by atoms with Crippen LogP contribution in [0.3, 0.4) is 0 Å². The Morgan fingerprint density at radius 2 is 2.11 bits per heavy atom. The van der Waals surface area contributed by atoms with Crippen LogP contribution in [-0.2, 0) is 4.79 Å². The van der Waals surface area contributed by atoms with Gasteiger partial charge in [0, 0.05) is 18.6 Å². The summed E-state index contributed by atoms with van der Waals surface area (Å²) in [5.41, 5.74) is -0.656. The summed E-state index contributed by atoms with van der Waals surface area (Å²) in [6.07, 6.45) is 4.80. The van der Waals surface area contributed by atoms with Crippen LogP contribution in [0.5, 0.6) is 0 Å². The van der Waals surface area contributed by atoms with Gasteiger partial charge in [-0.3, -0.25) is 10.1 Å². The van der Waals surface area contributed by atoms with Crippen molar-refractivity contribution < 1.29 is 9.90 Å². The minimum atomic E-state index is -0.658. The quantitative estimate of drug-likeness (QED) is 0.757. The maximum atomic E-state index is 11.6. The predicted octanol–water partition coefficient (Wildman–Crippen LogP) is 1.70. The Labute approximate surface area is 110 Å². The first kappa shape index (κ1) is 13.8. The van der Waals surface area contributed by atoms with Crippen molar-refractivity contribution in [1.29, 1.82) is 0 Å². The number of nitrogens with zero attached hydrogens (tertiary/aromatic N) is 1. The van der Waals surface area contributed by atoms with Gasteiger partial charge in [-0.05, 0) is 45.1 Å². The van der Waals surface area contributed by atoms with E-state index in [9.17, 15) is 9.90 Å². The minimum absolute atomic E-state index is 0.412. The molecule has 2 saturated carbocycles. The third-order valence-corrected chi connectivity index (χ3v) is 4.23. The van der Waals surface area contributed by atoms with E-state index >= 15 is 0 Å². The van der Waals surface area contributed by atoms with Crippen LogP contribution in [0, 0.1) is 5.92 Å². The van der Waals surface area contributed by atoms with Crippen molar-refractivity contribution in [2.75, 3.05) is 13.6 Å². The SMILES string of the molecule is CC(C)CN(C)C1CCC(NC2CC2)(C(=O)O)C1. The van der Waals surface area contributed by atoms with Gasteiger partial charge in [0.15, 0.2) is 0 Å². The zero-order valence-corrected chi connectivity index (χ0v) is 11.8. The number of hydrogen-bond donors (Lipinski definition) is 2. The molecule has 18 heavy (non-hydrogen) atoms. The van der Waals surface area contributed by atoms with E-state index in [1.165, 1.54) is 0 Å². The molecule has 0 bridgehead atoms. The van der Waals surface area contributed by atoms with E-state index in [1.807, 2.05) is 0 Å². The van der Waals surface area contributed by atoms with Gasteiger partial charge in [-0.2, -0.15) is 0 Å².